The molecule has 1 aromatic rings. The van der Waals surface area contributed by atoms with Crippen molar-refractivity contribution >= 4 is 11.9 Å². The van der Waals surface area contributed by atoms with Crippen LogP contribution in [0.3, 0.4) is 0 Å². The maximum Gasteiger partial charge on any atom is 0.101 e. The van der Waals surface area contributed by atoms with Crippen LogP contribution in [0.25, 0.3) is 5.70 Å². The SMILES string of the molecule is CC(C)(O)c1ccc(C2=CC(CC3CCOCC3)CC=N2)cn1. The highest BCUT2D eigenvalue weighted by molar-refractivity contribution is 5.76. The smallest absolute Gasteiger partial charge is 0.101 e. The van der Waals surface area contributed by atoms with Gasteiger partial charge in [-0.2, -0.15) is 0 Å². The molecule has 1 N–H and O–H groups in total. The Morgan fingerprint density at radius 1 is 1.26 bits per heavy atom. The third-order valence-corrected chi connectivity index (χ3v) is 4.70. The Balaban J connectivity index is 1.69. The summed E-state index contributed by atoms with van der Waals surface area (Å²) in [5, 5.41) is 10.00. The molecule has 1 unspecified atom stereocenters. The number of rotatable bonds is 4. The second-order valence-electron chi connectivity index (χ2n) is 7.14. The molecule has 3 rings (SSSR count). The number of hydrogen-bond donors (Lipinski definition) is 1. The number of hydrogen-bond acceptors (Lipinski definition) is 4. The Bertz CT molecular complexity index is 578. The van der Waals surface area contributed by atoms with Gasteiger partial charge in [0.1, 0.15) is 5.60 Å². The lowest BCUT2D eigenvalue weighted by Gasteiger charge is -2.26. The van der Waals surface area contributed by atoms with Crippen molar-refractivity contribution in [2.75, 3.05) is 13.2 Å². The van der Waals surface area contributed by atoms with Crippen molar-refractivity contribution in [3.63, 3.8) is 0 Å². The van der Waals surface area contributed by atoms with Crippen LogP contribution in [-0.2, 0) is 10.3 Å². The van der Waals surface area contributed by atoms with Crippen LogP contribution in [0.15, 0.2) is 29.4 Å². The highest BCUT2D eigenvalue weighted by atomic mass is 16.5. The molecule has 2 aliphatic heterocycles. The molecule has 4 heteroatoms. The fourth-order valence-electron chi connectivity index (χ4n) is 3.27. The summed E-state index contributed by atoms with van der Waals surface area (Å²) in [6.07, 6.45) is 10.7. The first kappa shape index (κ1) is 16.3. The molecule has 0 saturated carbocycles. The number of aromatic nitrogens is 1. The first-order chi connectivity index (χ1) is 11.0. The molecule has 0 radical (unpaired) electrons. The second-order valence-corrected chi connectivity index (χ2v) is 7.14. The van der Waals surface area contributed by atoms with E-state index < -0.39 is 5.60 Å². The zero-order valence-corrected chi connectivity index (χ0v) is 14.0. The topological polar surface area (TPSA) is 54.7 Å². The number of allylic oxidation sites excluding steroid dienone is 1. The number of nitrogens with zero attached hydrogens (tertiary/aromatic N) is 2. The molecule has 1 atom stereocenters. The lowest BCUT2D eigenvalue weighted by Crippen LogP contribution is -2.19. The van der Waals surface area contributed by atoms with Crippen molar-refractivity contribution in [1.82, 2.24) is 4.98 Å². The van der Waals surface area contributed by atoms with Gasteiger partial charge in [-0.25, -0.2) is 0 Å². The van der Waals surface area contributed by atoms with Crippen LogP contribution in [0.1, 0.15) is 50.8 Å². The fraction of sp³-hybridized carbons (Fsp3) is 0.579. The van der Waals surface area contributed by atoms with Crippen molar-refractivity contribution in [3.8, 4) is 0 Å². The third-order valence-electron chi connectivity index (χ3n) is 4.70. The second kappa shape index (κ2) is 6.93. The minimum absolute atomic E-state index is 0.555. The van der Waals surface area contributed by atoms with E-state index in [1.54, 1.807) is 13.8 Å². The Morgan fingerprint density at radius 2 is 2.04 bits per heavy atom. The van der Waals surface area contributed by atoms with Crippen LogP contribution in [0.5, 0.6) is 0 Å². The highest BCUT2D eigenvalue weighted by Gasteiger charge is 2.21. The summed E-state index contributed by atoms with van der Waals surface area (Å²) in [4.78, 5) is 8.93. The summed E-state index contributed by atoms with van der Waals surface area (Å²) in [6.45, 7) is 5.31. The number of ether oxygens (including phenoxy) is 1. The molecule has 1 aromatic heterocycles. The van der Waals surface area contributed by atoms with Gasteiger partial charge in [0.05, 0.1) is 11.4 Å². The molecule has 0 aromatic carbocycles. The molecular formula is C19H26N2O2. The summed E-state index contributed by atoms with van der Waals surface area (Å²) < 4.78 is 5.45. The van der Waals surface area contributed by atoms with Crippen LogP contribution in [0.4, 0.5) is 0 Å². The molecule has 3 heterocycles. The maximum absolute atomic E-state index is 10.00. The van der Waals surface area contributed by atoms with E-state index in [1.165, 1.54) is 19.3 Å². The van der Waals surface area contributed by atoms with E-state index in [0.29, 0.717) is 11.6 Å². The van der Waals surface area contributed by atoms with Crippen LogP contribution < -0.4 is 0 Å². The summed E-state index contributed by atoms with van der Waals surface area (Å²) >= 11 is 0. The predicted molar refractivity (Wildman–Crippen MR) is 92.2 cm³/mol. The van der Waals surface area contributed by atoms with Gasteiger partial charge in [0.25, 0.3) is 0 Å². The van der Waals surface area contributed by atoms with E-state index in [2.05, 4.69) is 16.1 Å². The summed E-state index contributed by atoms with van der Waals surface area (Å²) in [7, 11) is 0. The van der Waals surface area contributed by atoms with E-state index in [0.717, 1.165) is 36.8 Å². The van der Waals surface area contributed by atoms with Gasteiger partial charge in [-0.05, 0) is 63.5 Å². The first-order valence-electron chi connectivity index (χ1n) is 8.54. The van der Waals surface area contributed by atoms with Crippen molar-refractivity contribution < 1.29 is 9.84 Å². The van der Waals surface area contributed by atoms with E-state index in [-0.39, 0.29) is 0 Å². The van der Waals surface area contributed by atoms with Gasteiger partial charge in [0, 0.05) is 31.2 Å². The summed E-state index contributed by atoms with van der Waals surface area (Å²) in [6, 6.07) is 3.88. The van der Waals surface area contributed by atoms with Gasteiger partial charge in [0.15, 0.2) is 0 Å². The predicted octanol–water partition coefficient (Wildman–Crippen LogP) is 3.56. The average Bonchev–Trinajstić information content (AvgIpc) is 2.55. The number of pyridine rings is 1. The molecule has 124 valence electrons. The van der Waals surface area contributed by atoms with Crippen molar-refractivity contribution in [2.24, 2.45) is 16.8 Å². The van der Waals surface area contributed by atoms with Crippen molar-refractivity contribution in [1.29, 1.82) is 0 Å². The highest BCUT2D eigenvalue weighted by Crippen LogP contribution is 2.30. The van der Waals surface area contributed by atoms with Crippen LogP contribution in [0, 0.1) is 11.8 Å². The molecular weight excluding hydrogens is 288 g/mol. The van der Waals surface area contributed by atoms with Crippen LogP contribution in [-0.4, -0.2) is 29.5 Å². The Hall–Kier alpha value is -1.52. The van der Waals surface area contributed by atoms with E-state index in [4.69, 9.17) is 4.74 Å². The first-order valence-corrected chi connectivity index (χ1v) is 8.54. The molecule has 0 amide bonds. The quantitative estimate of drug-likeness (QED) is 0.924. The lowest BCUT2D eigenvalue weighted by molar-refractivity contribution is 0.0608. The zero-order chi connectivity index (χ0) is 16.3. The van der Waals surface area contributed by atoms with E-state index in [9.17, 15) is 5.11 Å². The van der Waals surface area contributed by atoms with Crippen molar-refractivity contribution in [3.05, 3.63) is 35.7 Å². The summed E-state index contributed by atoms with van der Waals surface area (Å²) in [5.41, 5.74) is 1.79. The standard InChI is InChI=1S/C19H26N2O2/c1-19(2,22)18-4-3-16(13-21-18)17-12-15(5-8-20-17)11-14-6-9-23-10-7-14/h3-4,8,12-15,22H,5-7,9-11H2,1-2H3. The van der Waals surface area contributed by atoms with Crippen molar-refractivity contribution in [2.45, 2.75) is 45.1 Å². The van der Waals surface area contributed by atoms with Crippen LogP contribution in [0.2, 0.25) is 0 Å². The Kier molecular flexibility index (Phi) is 4.93. The lowest BCUT2D eigenvalue weighted by atomic mass is 9.86. The van der Waals surface area contributed by atoms with E-state index >= 15 is 0 Å². The number of aliphatic imine (C=N–C) groups is 1. The molecule has 23 heavy (non-hydrogen) atoms. The van der Waals surface area contributed by atoms with Gasteiger partial charge in [-0.1, -0.05) is 6.08 Å². The van der Waals surface area contributed by atoms with Gasteiger partial charge < -0.3 is 9.84 Å². The van der Waals surface area contributed by atoms with Gasteiger partial charge in [0.2, 0.25) is 0 Å². The number of aliphatic hydroxyl groups is 1. The molecule has 2 aliphatic rings. The fourth-order valence-corrected chi connectivity index (χ4v) is 3.27. The third kappa shape index (κ3) is 4.27. The van der Waals surface area contributed by atoms with Crippen LogP contribution >= 0.6 is 0 Å². The zero-order valence-electron chi connectivity index (χ0n) is 14.0. The normalized spacial score (nSPS) is 22.9. The van der Waals surface area contributed by atoms with E-state index in [1.807, 2.05) is 24.5 Å². The van der Waals surface area contributed by atoms with Gasteiger partial charge >= 0.3 is 0 Å². The molecule has 0 aliphatic carbocycles. The van der Waals surface area contributed by atoms with Gasteiger partial charge in [-0.15, -0.1) is 0 Å². The molecule has 1 fully saturated rings. The van der Waals surface area contributed by atoms with Gasteiger partial charge in [-0.3, -0.25) is 9.98 Å². The Morgan fingerprint density at radius 3 is 2.70 bits per heavy atom. The Labute approximate surface area is 138 Å². The molecule has 0 bridgehead atoms. The minimum atomic E-state index is -0.908. The minimum Gasteiger partial charge on any atom is -0.384 e. The molecule has 1 saturated heterocycles. The average molecular weight is 314 g/mol. The monoisotopic (exact) mass is 314 g/mol. The molecule has 4 nitrogen and oxygen atoms in total. The molecule has 0 spiro atoms. The summed E-state index contributed by atoms with van der Waals surface area (Å²) in [5.74, 6) is 1.33. The largest absolute Gasteiger partial charge is 0.384 e. The maximum atomic E-state index is 10.00.